The van der Waals surface area contributed by atoms with Crippen LogP contribution in [-0.4, -0.2) is 49.5 Å². The Hall–Kier alpha value is -5.83. The molecule has 5 rings (SSSR count). The first-order chi connectivity index (χ1) is 20.4. The number of carbonyl (C=O) groups is 1. The van der Waals surface area contributed by atoms with Gasteiger partial charge >= 0.3 is 0 Å². The Labute approximate surface area is 241 Å². The number of nitrogens with two attached hydrogens (primary N) is 1. The maximum absolute atomic E-state index is 13.2. The lowest BCUT2D eigenvalue weighted by atomic mass is 10.1. The number of nitrogens with one attached hydrogen (secondary N) is 1. The van der Waals surface area contributed by atoms with Crippen molar-refractivity contribution in [1.82, 2.24) is 30.7 Å². The number of anilines is 1. The molecule has 0 bridgehead atoms. The molecule has 42 heavy (non-hydrogen) atoms. The van der Waals surface area contributed by atoms with E-state index >= 15 is 0 Å². The lowest BCUT2D eigenvalue weighted by molar-refractivity contribution is -0.384. The zero-order chi connectivity index (χ0) is 29.6. The van der Waals surface area contributed by atoms with Crippen molar-refractivity contribution in [1.29, 1.82) is 0 Å². The Bertz CT molecular complexity index is 1800. The van der Waals surface area contributed by atoms with Crippen LogP contribution < -0.4 is 20.6 Å². The van der Waals surface area contributed by atoms with Crippen LogP contribution in [0.2, 0.25) is 5.02 Å². The van der Waals surface area contributed by atoms with Gasteiger partial charge in [-0.2, -0.15) is 9.78 Å². The van der Waals surface area contributed by atoms with Crippen LogP contribution in [0.3, 0.4) is 0 Å². The van der Waals surface area contributed by atoms with Gasteiger partial charge in [0.25, 0.3) is 11.6 Å². The smallest absolute Gasteiger partial charge is 0.294 e. The minimum absolute atomic E-state index is 0.0407. The highest BCUT2D eigenvalue weighted by molar-refractivity contribution is 6.31. The number of ether oxygens (including phenoxy) is 2. The van der Waals surface area contributed by atoms with E-state index in [9.17, 15) is 14.9 Å². The molecule has 16 heteroatoms. The van der Waals surface area contributed by atoms with E-state index in [0.717, 1.165) is 10.2 Å². The number of nitro benzene ring substituents is 1. The number of halogens is 1. The van der Waals surface area contributed by atoms with Gasteiger partial charge in [-0.25, -0.2) is 10.1 Å². The Morgan fingerprint density at radius 3 is 2.74 bits per heavy atom. The Morgan fingerprint density at radius 1 is 1.19 bits per heavy atom. The average Bonchev–Trinajstić information content (AvgIpc) is 3.63. The number of benzene rings is 3. The predicted octanol–water partition coefficient (Wildman–Crippen LogP) is 3.81. The van der Waals surface area contributed by atoms with Gasteiger partial charge in [0.05, 0.1) is 18.2 Å². The SMILES string of the molecule is COc1cccc(/C=N/NC(=O)c2nnn(-c3nonc3N)c2-c2cccc([N+](=O)[O-])c2)c1OCc1ccccc1Cl. The summed E-state index contributed by atoms with van der Waals surface area (Å²) in [5.41, 5.74) is 9.28. The first-order valence-corrected chi connectivity index (χ1v) is 12.4. The fourth-order valence-electron chi connectivity index (χ4n) is 3.88. The highest BCUT2D eigenvalue weighted by Crippen LogP contribution is 2.32. The zero-order valence-corrected chi connectivity index (χ0v) is 22.4. The number of aromatic nitrogens is 5. The van der Waals surface area contributed by atoms with Crippen LogP contribution in [0.1, 0.15) is 21.6 Å². The second kappa shape index (κ2) is 12.1. The van der Waals surface area contributed by atoms with Crippen molar-refractivity contribution >= 4 is 35.2 Å². The Balaban J connectivity index is 1.44. The number of nitrogens with zero attached hydrogens (tertiary/aromatic N) is 7. The molecular formula is C26H20ClN9O6. The third-order valence-corrected chi connectivity index (χ3v) is 6.21. The summed E-state index contributed by atoms with van der Waals surface area (Å²) < 4.78 is 17.2. The van der Waals surface area contributed by atoms with Crippen LogP contribution in [0.25, 0.3) is 17.1 Å². The molecule has 0 fully saturated rings. The zero-order valence-electron chi connectivity index (χ0n) is 21.7. The number of hydrogen-bond donors (Lipinski definition) is 2. The number of rotatable bonds is 10. The number of hydrazone groups is 1. The minimum atomic E-state index is -0.782. The number of carbonyl (C=O) groups excluding carboxylic acids is 1. The van der Waals surface area contributed by atoms with Gasteiger partial charge in [0.1, 0.15) is 12.3 Å². The second-order valence-electron chi connectivity index (χ2n) is 8.44. The van der Waals surface area contributed by atoms with Crippen molar-refractivity contribution in [3.63, 3.8) is 0 Å². The number of methoxy groups -OCH3 is 1. The van der Waals surface area contributed by atoms with Crippen LogP contribution >= 0.6 is 11.6 Å². The summed E-state index contributed by atoms with van der Waals surface area (Å²) >= 11 is 6.25. The van der Waals surface area contributed by atoms with E-state index in [2.05, 4.69) is 35.8 Å². The van der Waals surface area contributed by atoms with Crippen molar-refractivity contribution < 1.29 is 23.8 Å². The maximum Gasteiger partial charge on any atom is 0.294 e. The molecule has 0 saturated heterocycles. The summed E-state index contributed by atoms with van der Waals surface area (Å²) in [7, 11) is 1.50. The van der Waals surface area contributed by atoms with Crippen molar-refractivity contribution in [2.75, 3.05) is 12.8 Å². The van der Waals surface area contributed by atoms with Gasteiger partial charge in [-0.1, -0.05) is 53.2 Å². The molecule has 3 aromatic carbocycles. The van der Waals surface area contributed by atoms with Crippen LogP contribution in [0, 0.1) is 10.1 Å². The topological polar surface area (TPSA) is 199 Å². The summed E-state index contributed by atoms with van der Waals surface area (Å²) in [6.45, 7) is 0.156. The molecule has 5 aromatic rings. The van der Waals surface area contributed by atoms with Gasteiger partial charge < -0.3 is 15.2 Å². The predicted molar refractivity (Wildman–Crippen MR) is 150 cm³/mol. The summed E-state index contributed by atoms with van der Waals surface area (Å²) in [6.07, 6.45) is 1.36. The molecule has 2 heterocycles. The highest BCUT2D eigenvalue weighted by Gasteiger charge is 2.26. The molecule has 1 amide bonds. The van der Waals surface area contributed by atoms with Crippen molar-refractivity contribution in [2.45, 2.75) is 6.61 Å². The molecule has 15 nitrogen and oxygen atoms in total. The molecule has 0 saturated carbocycles. The van der Waals surface area contributed by atoms with E-state index in [-0.39, 0.29) is 40.9 Å². The molecule has 0 atom stereocenters. The highest BCUT2D eigenvalue weighted by atomic mass is 35.5. The molecule has 0 spiro atoms. The van der Waals surface area contributed by atoms with Gasteiger partial charge in [0, 0.05) is 33.8 Å². The first-order valence-electron chi connectivity index (χ1n) is 12.0. The molecule has 3 N–H and O–H groups in total. The van der Waals surface area contributed by atoms with Crippen LogP contribution in [-0.2, 0) is 6.61 Å². The first kappa shape index (κ1) is 27.7. The molecule has 0 aliphatic carbocycles. The Morgan fingerprint density at radius 2 is 2.00 bits per heavy atom. The third-order valence-electron chi connectivity index (χ3n) is 5.84. The molecule has 0 aliphatic heterocycles. The molecule has 0 unspecified atom stereocenters. The second-order valence-corrected chi connectivity index (χ2v) is 8.84. The summed E-state index contributed by atoms with van der Waals surface area (Å²) in [4.78, 5) is 24.0. The number of hydrogen-bond acceptors (Lipinski definition) is 12. The van der Waals surface area contributed by atoms with E-state index in [1.54, 1.807) is 24.3 Å². The number of nitrogen functional groups attached to an aromatic ring is 1. The van der Waals surface area contributed by atoms with Crippen molar-refractivity contribution in [2.24, 2.45) is 5.10 Å². The summed E-state index contributed by atoms with van der Waals surface area (Å²) in [5, 5.41) is 31.1. The fourth-order valence-corrected chi connectivity index (χ4v) is 4.07. The van der Waals surface area contributed by atoms with E-state index in [4.69, 9.17) is 26.8 Å². The van der Waals surface area contributed by atoms with E-state index < -0.39 is 10.8 Å². The molecule has 0 aliphatic rings. The molecule has 212 valence electrons. The number of non-ortho nitro benzene ring substituents is 1. The maximum atomic E-state index is 13.2. The van der Waals surface area contributed by atoms with Gasteiger partial charge in [-0.3, -0.25) is 14.9 Å². The van der Waals surface area contributed by atoms with Gasteiger partial charge in [0.2, 0.25) is 11.6 Å². The average molecular weight is 590 g/mol. The molecule has 2 aromatic heterocycles. The summed E-state index contributed by atoms with van der Waals surface area (Å²) in [6, 6.07) is 17.9. The van der Waals surface area contributed by atoms with E-state index in [0.29, 0.717) is 22.1 Å². The standard InChI is InChI=1S/C26H20ClN9O6/c1-40-20-11-5-8-16(23(20)41-14-17-6-2-3-10-19(17)27)13-29-31-26(37)21-22(15-7-4-9-18(12-15)36(38)39)35(34-30-21)25-24(28)32-42-33-25/h2-13H,14H2,1H3,(H2,28,32)(H,31,37)/b29-13+. The van der Waals surface area contributed by atoms with E-state index in [1.165, 1.54) is 37.6 Å². The monoisotopic (exact) mass is 589 g/mol. The molecular weight excluding hydrogens is 570 g/mol. The number of amides is 1. The number of nitro groups is 1. The largest absolute Gasteiger partial charge is 0.493 e. The van der Waals surface area contributed by atoms with E-state index in [1.807, 2.05) is 18.2 Å². The normalized spacial score (nSPS) is 11.0. The van der Waals surface area contributed by atoms with Crippen molar-refractivity contribution in [3.8, 4) is 28.6 Å². The fraction of sp³-hybridized carbons (Fsp3) is 0.0769. The van der Waals surface area contributed by atoms with Crippen LogP contribution in [0.5, 0.6) is 11.5 Å². The number of para-hydroxylation sites is 1. The summed E-state index contributed by atoms with van der Waals surface area (Å²) in [5.74, 6) is -0.181. The Kier molecular flexibility index (Phi) is 8.01. The van der Waals surface area contributed by atoms with Crippen LogP contribution in [0.4, 0.5) is 11.5 Å². The van der Waals surface area contributed by atoms with Gasteiger partial charge in [-0.15, -0.1) is 5.10 Å². The lowest BCUT2D eigenvalue weighted by Crippen LogP contribution is -2.19. The van der Waals surface area contributed by atoms with Gasteiger partial charge in [-0.05, 0) is 28.5 Å². The third kappa shape index (κ3) is 5.71. The van der Waals surface area contributed by atoms with Crippen LogP contribution in [0.15, 0.2) is 76.5 Å². The lowest BCUT2D eigenvalue weighted by Gasteiger charge is -2.13. The molecule has 0 radical (unpaired) electrons. The minimum Gasteiger partial charge on any atom is -0.493 e. The van der Waals surface area contributed by atoms with Gasteiger partial charge in [0.15, 0.2) is 17.2 Å². The quantitative estimate of drug-likeness (QED) is 0.136. The van der Waals surface area contributed by atoms with Crippen molar-refractivity contribution in [3.05, 3.63) is 98.7 Å².